The number of carbonyl (C=O) groups is 2. The lowest BCUT2D eigenvalue weighted by molar-refractivity contribution is -0.136. The first-order valence-electron chi connectivity index (χ1n) is 8.25. The number of nitrogens with one attached hydrogen (secondary N) is 2. The van der Waals surface area contributed by atoms with Crippen molar-refractivity contribution in [2.45, 2.75) is 13.3 Å². The molecule has 27 heavy (non-hydrogen) atoms. The summed E-state index contributed by atoms with van der Waals surface area (Å²) >= 11 is 5.98. The number of amides is 2. The standard InChI is InChI=1S/C19H20ClN3O4/c1-3-10-27-16-9-8-14(20)11-13(16)12-21-23-19(25)18(24)22-15-6-4-5-7-17(15)26-2/h4-9,11-12H,3,10H2,1-2H3,(H,22,24)(H,23,25)/b21-12-. The van der Waals surface area contributed by atoms with E-state index in [4.69, 9.17) is 21.1 Å². The molecule has 2 rings (SSSR count). The number of rotatable bonds is 7. The third-order valence-electron chi connectivity index (χ3n) is 3.36. The number of hydrogen-bond donors (Lipinski definition) is 2. The highest BCUT2D eigenvalue weighted by Crippen LogP contribution is 2.23. The second-order valence-corrected chi connectivity index (χ2v) is 5.82. The van der Waals surface area contributed by atoms with Crippen LogP contribution in [0.5, 0.6) is 11.5 Å². The molecule has 0 aliphatic carbocycles. The molecule has 2 amide bonds. The molecule has 0 saturated carbocycles. The number of ether oxygens (including phenoxy) is 2. The molecule has 0 saturated heterocycles. The van der Waals surface area contributed by atoms with Crippen LogP contribution < -0.4 is 20.2 Å². The summed E-state index contributed by atoms with van der Waals surface area (Å²) in [5, 5.41) is 6.76. The SMILES string of the molecule is CCCOc1ccc(Cl)cc1/C=N\NC(=O)C(=O)Nc1ccccc1OC. The first-order valence-corrected chi connectivity index (χ1v) is 8.62. The summed E-state index contributed by atoms with van der Waals surface area (Å²) in [7, 11) is 1.47. The zero-order chi connectivity index (χ0) is 19.6. The minimum absolute atomic E-state index is 0.384. The van der Waals surface area contributed by atoms with Gasteiger partial charge < -0.3 is 14.8 Å². The monoisotopic (exact) mass is 389 g/mol. The summed E-state index contributed by atoms with van der Waals surface area (Å²) in [5.74, 6) is -0.767. The van der Waals surface area contributed by atoms with E-state index in [-0.39, 0.29) is 0 Å². The van der Waals surface area contributed by atoms with Gasteiger partial charge in [0, 0.05) is 10.6 Å². The Morgan fingerprint density at radius 2 is 1.93 bits per heavy atom. The predicted molar refractivity (Wildman–Crippen MR) is 105 cm³/mol. The third-order valence-corrected chi connectivity index (χ3v) is 3.60. The minimum Gasteiger partial charge on any atom is -0.495 e. The smallest absolute Gasteiger partial charge is 0.329 e. The normalized spacial score (nSPS) is 10.5. The van der Waals surface area contributed by atoms with Crippen LogP contribution in [0.15, 0.2) is 47.6 Å². The number of para-hydroxylation sites is 2. The molecule has 0 unspecified atom stereocenters. The Kier molecular flexibility index (Phi) is 7.63. The van der Waals surface area contributed by atoms with E-state index >= 15 is 0 Å². The maximum absolute atomic E-state index is 12.0. The molecule has 0 radical (unpaired) electrons. The number of halogens is 1. The van der Waals surface area contributed by atoms with Crippen molar-refractivity contribution in [1.82, 2.24) is 5.43 Å². The number of carbonyl (C=O) groups excluding carboxylic acids is 2. The molecular weight excluding hydrogens is 370 g/mol. The van der Waals surface area contributed by atoms with Crippen LogP contribution in [0.1, 0.15) is 18.9 Å². The summed E-state index contributed by atoms with van der Waals surface area (Å²) in [6.07, 6.45) is 2.21. The van der Waals surface area contributed by atoms with Crippen molar-refractivity contribution in [3.05, 3.63) is 53.1 Å². The largest absolute Gasteiger partial charge is 0.495 e. The minimum atomic E-state index is -0.921. The fourth-order valence-electron chi connectivity index (χ4n) is 2.10. The fourth-order valence-corrected chi connectivity index (χ4v) is 2.28. The molecule has 0 aliphatic rings. The van der Waals surface area contributed by atoms with E-state index in [1.54, 1.807) is 42.5 Å². The van der Waals surface area contributed by atoms with Crippen molar-refractivity contribution in [3.63, 3.8) is 0 Å². The predicted octanol–water partition coefficient (Wildman–Crippen LogP) is 3.23. The first kappa shape index (κ1) is 20.3. The van der Waals surface area contributed by atoms with Crippen LogP contribution in [0, 0.1) is 0 Å². The van der Waals surface area contributed by atoms with Crippen molar-refractivity contribution < 1.29 is 19.1 Å². The van der Waals surface area contributed by atoms with Gasteiger partial charge in [0.1, 0.15) is 11.5 Å². The van der Waals surface area contributed by atoms with Crippen molar-refractivity contribution in [1.29, 1.82) is 0 Å². The van der Waals surface area contributed by atoms with Crippen molar-refractivity contribution in [2.24, 2.45) is 5.10 Å². The van der Waals surface area contributed by atoms with Crippen LogP contribution in [-0.2, 0) is 9.59 Å². The van der Waals surface area contributed by atoms with E-state index in [2.05, 4.69) is 15.8 Å². The average Bonchev–Trinajstić information content (AvgIpc) is 2.67. The van der Waals surface area contributed by atoms with E-state index in [0.29, 0.717) is 34.4 Å². The summed E-state index contributed by atoms with van der Waals surface area (Å²) in [6, 6.07) is 11.8. The fraction of sp³-hybridized carbons (Fsp3) is 0.211. The van der Waals surface area contributed by atoms with Gasteiger partial charge in [0.05, 0.1) is 25.6 Å². The first-order chi connectivity index (χ1) is 13.0. The van der Waals surface area contributed by atoms with E-state index < -0.39 is 11.8 Å². The summed E-state index contributed by atoms with van der Waals surface area (Å²) in [6.45, 7) is 2.53. The molecule has 7 nitrogen and oxygen atoms in total. The lowest BCUT2D eigenvalue weighted by atomic mass is 10.2. The maximum Gasteiger partial charge on any atom is 0.329 e. The van der Waals surface area contributed by atoms with E-state index in [9.17, 15) is 9.59 Å². The Morgan fingerprint density at radius 3 is 2.67 bits per heavy atom. The number of nitrogens with zero attached hydrogens (tertiary/aromatic N) is 1. The summed E-state index contributed by atoms with van der Waals surface area (Å²) in [5.41, 5.74) is 3.14. The number of hydrogen-bond acceptors (Lipinski definition) is 5. The Hall–Kier alpha value is -3.06. The zero-order valence-corrected chi connectivity index (χ0v) is 15.7. The van der Waals surface area contributed by atoms with Crippen LogP contribution >= 0.6 is 11.6 Å². The topological polar surface area (TPSA) is 89.0 Å². The molecule has 2 aromatic carbocycles. The van der Waals surface area contributed by atoms with Crippen molar-refractivity contribution in [2.75, 3.05) is 19.0 Å². The Bertz CT molecular complexity index is 839. The molecule has 0 aliphatic heterocycles. The van der Waals surface area contributed by atoms with Gasteiger partial charge in [-0.1, -0.05) is 30.7 Å². The Morgan fingerprint density at radius 1 is 1.15 bits per heavy atom. The van der Waals surface area contributed by atoms with Crippen LogP contribution in [0.3, 0.4) is 0 Å². The van der Waals surface area contributed by atoms with E-state index in [1.807, 2.05) is 6.92 Å². The number of methoxy groups -OCH3 is 1. The summed E-state index contributed by atoms with van der Waals surface area (Å²) < 4.78 is 10.7. The van der Waals surface area contributed by atoms with Gasteiger partial charge in [-0.15, -0.1) is 0 Å². The molecule has 0 atom stereocenters. The lowest BCUT2D eigenvalue weighted by Crippen LogP contribution is -2.32. The van der Waals surface area contributed by atoms with Gasteiger partial charge >= 0.3 is 11.8 Å². The highest BCUT2D eigenvalue weighted by atomic mass is 35.5. The quantitative estimate of drug-likeness (QED) is 0.432. The van der Waals surface area contributed by atoms with Gasteiger partial charge in [0.15, 0.2) is 0 Å². The molecule has 0 bridgehead atoms. The van der Waals surface area contributed by atoms with Crippen LogP contribution in [0.4, 0.5) is 5.69 Å². The number of hydrazone groups is 1. The highest BCUT2D eigenvalue weighted by molar-refractivity contribution is 6.39. The Labute approximate surface area is 162 Å². The second kappa shape index (κ2) is 10.2. The van der Waals surface area contributed by atoms with Gasteiger partial charge in [-0.3, -0.25) is 9.59 Å². The molecule has 0 aromatic heterocycles. The zero-order valence-electron chi connectivity index (χ0n) is 15.0. The van der Waals surface area contributed by atoms with E-state index in [1.165, 1.54) is 13.3 Å². The molecule has 2 aromatic rings. The highest BCUT2D eigenvalue weighted by Gasteiger charge is 2.15. The number of anilines is 1. The maximum atomic E-state index is 12.0. The number of benzene rings is 2. The van der Waals surface area contributed by atoms with Crippen LogP contribution in [-0.4, -0.2) is 31.7 Å². The van der Waals surface area contributed by atoms with E-state index in [0.717, 1.165) is 6.42 Å². The molecule has 0 heterocycles. The molecule has 0 spiro atoms. The Balaban J connectivity index is 2.00. The molecule has 142 valence electrons. The average molecular weight is 390 g/mol. The molecular formula is C19H20ClN3O4. The lowest BCUT2D eigenvalue weighted by Gasteiger charge is -2.09. The van der Waals surface area contributed by atoms with Crippen LogP contribution in [0.25, 0.3) is 0 Å². The van der Waals surface area contributed by atoms with Gasteiger partial charge in [-0.05, 0) is 36.8 Å². The third kappa shape index (κ3) is 6.00. The van der Waals surface area contributed by atoms with Crippen molar-refractivity contribution in [3.8, 4) is 11.5 Å². The van der Waals surface area contributed by atoms with Crippen molar-refractivity contribution >= 4 is 35.3 Å². The second-order valence-electron chi connectivity index (χ2n) is 5.38. The van der Waals surface area contributed by atoms with Gasteiger partial charge in [-0.25, -0.2) is 5.43 Å². The molecule has 2 N–H and O–H groups in total. The van der Waals surface area contributed by atoms with Gasteiger partial charge in [0.2, 0.25) is 0 Å². The van der Waals surface area contributed by atoms with Crippen LogP contribution in [0.2, 0.25) is 5.02 Å². The summed E-state index contributed by atoms with van der Waals surface area (Å²) in [4.78, 5) is 23.9. The molecule has 0 fully saturated rings. The van der Waals surface area contributed by atoms with Gasteiger partial charge in [-0.2, -0.15) is 5.10 Å². The van der Waals surface area contributed by atoms with Gasteiger partial charge in [0.25, 0.3) is 0 Å². The molecule has 8 heteroatoms.